The summed E-state index contributed by atoms with van der Waals surface area (Å²) in [6, 6.07) is 2.50. The maximum Gasteiger partial charge on any atom is 0.316 e. The molecule has 1 N–H and O–H groups in total. The third kappa shape index (κ3) is 3.12. The van der Waals surface area contributed by atoms with E-state index in [9.17, 15) is 28.5 Å². The summed E-state index contributed by atoms with van der Waals surface area (Å²) < 4.78 is 18.1. The van der Waals surface area contributed by atoms with Crippen LogP contribution in [0, 0.1) is 5.41 Å². The van der Waals surface area contributed by atoms with Crippen molar-refractivity contribution in [3.05, 3.63) is 17.5 Å². The Hall–Kier alpha value is -2.27. The molecule has 9 nitrogen and oxygen atoms in total. The lowest BCUT2D eigenvalue weighted by molar-refractivity contribution is -0.171. The van der Waals surface area contributed by atoms with Gasteiger partial charge in [-0.25, -0.2) is 0 Å². The van der Waals surface area contributed by atoms with Crippen LogP contribution < -0.4 is 4.90 Å². The maximum absolute atomic E-state index is 13.0. The van der Waals surface area contributed by atoms with Crippen LogP contribution in [0.25, 0.3) is 0 Å². The number of fused-ring (bicyclic) bond motifs is 1. The van der Waals surface area contributed by atoms with Gasteiger partial charge in [0, 0.05) is 36.9 Å². The van der Waals surface area contributed by atoms with Crippen molar-refractivity contribution in [1.82, 2.24) is 4.90 Å². The zero-order valence-corrected chi connectivity index (χ0v) is 17.1. The van der Waals surface area contributed by atoms with Crippen molar-refractivity contribution in [2.45, 2.75) is 38.3 Å². The quantitative estimate of drug-likeness (QED) is 0.533. The van der Waals surface area contributed by atoms with Gasteiger partial charge in [0.25, 0.3) is 0 Å². The summed E-state index contributed by atoms with van der Waals surface area (Å²) in [7, 11) is -1.76. The van der Waals surface area contributed by atoms with Crippen molar-refractivity contribution in [3.63, 3.8) is 0 Å². The average Bonchev–Trinajstić information content (AvgIpc) is 3.11. The van der Waals surface area contributed by atoms with E-state index in [1.54, 1.807) is 17.5 Å². The zero-order valence-electron chi connectivity index (χ0n) is 15.5. The number of aliphatic carboxylic acids is 1. The van der Waals surface area contributed by atoms with Crippen molar-refractivity contribution >= 4 is 50.9 Å². The minimum absolute atomic E-state index is 0.237. The Morgan fingerprint density at radius 3 is 2.61 bits per heavy atom. The standard InChI is InChI=1S/C17H20N2O7S2/c1-9(26-11(3)21)17(16(23)24)7-18-14(22)13(15(18)28(25)8-17)19(10(2)20)12-5-4-6-27-12/h4-6,9,13,15H,7-8H2,1-3H3,(H,23,24)/t9?,13?,15-,17?,28?/m1/s1. The molecule has 0 aromatic carbocycles. The first-order valence-electron chi connectivity index (χ1n) is 8.51. The number of carboxylic acid groups (broad SMARTS) is 1. The monoisotopic (exact) mass is 428 g/mol. The second kappa shape index (κ2) is 7.28. The van der Waals surface area contributed by atoms with Crippen molar-refractivity contribution in [1.29, 1.82) is 0 Å². The fourth-order valence-electron chi connectivity index (χ4n) is 3.69. The lowest BCUT2D eigenvalue weighted by atomic mass is 9.82. The molecule has 2 aliphatic rings. The number of esters is 1. The van der Waals surface area contributed by atoms with Crippen LogP contribution in [0.1, 0.15) is 20.8 Å². The molecule has 0 spiro atoms. The smallest absolute Gasteiger partial charge is 0.316 e. The predicted molar refractivity (Wildman–Crippen MR) is 101 cm³/mol. The van der Waals surface area contributed by atoms with Gasteiger partial charge in [0.05, 0.1) is 5.00 Å². The highest BCUT2D eigenvalue weighted by Gasteiger charge is 2.64. The highest BCUT2D eigenvalue weighted by atomic mass is 32.2. The SMILES string of the molecule is CC(=O)OC(C)C1(C(=O)O)CN2C(=O)C(N(C(C)=O)c3cccs3)[C@H]2S(=O)C1. The summed E-state index contributed by atoms with van der Waals surface area (Å²) in [5.41, 5.74) is -1.67. The number of amides is 2. The first-order valence-corrected chi connectivity index (χ1v) is 10.8. The number of thiophene rings is 1. The minimum Gasteiger partial charge on any atom is -0.481 e. The van der Waals surface area contributed by atoms with Crippen LogP contribution in [0.5, 0.6) is 0 Å². The molecule has 152 valence electrons. The van der Waals surface area contributed by atoms with Gasteiger partial charge in [0.1, 0.15) is 22.9 Å². The summed E-state index contributed by atoms with van der Waals surface area (Å²) in [5, 5.41) is 11.3. The molecule has 0 bridgehead atoms. The molecule has 2 fully saturated rings. The lowest BCUT2D eigenvalue weighted by Gasteiger charge is -2.56. The number of ether oxygens (including phenoxy) is 1. The second-order valence-electron chi connectivity index (χ2n) is 6.88. The lowest BCUT2D eigenvalue weighted by Crippen LogP contribution is -2.78. The van der Waals surface area contributed by atoms with Crippen LogP contribution in [0.2, 0.25) is 0 Å². The summed E-state index contributed by atoms with van der Waals surface area (Å²) >= 11 is 1.28. The van der Waals surface area contributed by atoms with Crippen LogP contribution in [0.15, 0.2) is 17.5 Å². The van der Waals surface area contributed by atoms with Crippen molar-refractivity contribution in [3.8, 4) is 0 Å². The number of rotatable bonds is 5. The minimum atomic E-state index is -1.76. The van der Waals surface area contributed by atoms with Gasteiger partial charge >= 0.3 is 11.9 Å². The number of carbonyl (C=O) groups excluding carboxylic acids is 3. The van der Waals surface area contributed by atoms with Crippen molar-refractivity contribution < 1.29 is 33.2 Å². The number of carboxylic acids is 1. The second-order valence-corrected chi connectivity index (χ2v) is 9.34. The van der Waals surface area contributed by atoms with Gasteiger partial charge in [-0.15, -0.1) is 11.3 Å². The van der Waals surface area contributed by atoms with Gasteiger partial charge in [0.2, 0.25) is 11.8 Å². The zero-order chi connectivity index (χ0) is 20.8. The van der Waals surface area contributed by atoms with Crippen LogP contribution >= 0.6 is 11.3 Å². The van der Waals surface area contributed by atoms with E-state index in [1.807, 2.05) is 0 Å². The molecular weight excluding hydrogens is 408 g/mol. The van der Waals surface area contributed by atoms with Crippen molar-refractivity contribution in [2.24, 2.45) is 5.41 Å². The molecule has 11 heteroatoms. The van der Waals surface area contributed by atoms with Crippen molar-refractivity contribution in [2.75, 3.05) is 17.2 Å². The molecule has 1 aromatic rings. The number of hydrogen-bond acceptors (Lipinski definition) is 7. The molecular formula is C17H20N2O7S2. The first kappa shape index (κ1) is 20.5. The summed E-state index contributed by atoms with van der Waals surface area (Å²) in [5.74, 6) is -3.05. The number of anilines is 1. The largest absolute Gasteiger partial charge is 0.481 e. The Morgan fingerprint density at radius 1 is 1.43 bits per heavy atom. The average molecular weight is 428 g/mol. The molecule has 3 heterocycles. The van der Waals surface area contributed by atoms with E-state index in [1.165, 1.54) is 35.0 Å². The highest BCUT2D eigenvalue weighted by Crippen LogP contribution is 2.42. The maximum atomic E-state index is 13.0. The van der Waals surface area contributed by atoms with Gasteiger partial charge < -0.3 is 14.7 Å². The van der Waals surface area contributed by atoms with E-state index in [-0.39, 0.29) is 18.2 Å². The molecule has 5 atom stereocenters. The molecule has 2 amide bonds. The van der Waals surface area contributed by atoms with Crippen LogP contribution in [-0.4, -0.2) is 67.8 Å². The van der Waals surface area contributed by atoms with E-state index in [4.69, 9.17) is 4.74 Å². The molecule has 3 rings (SSSR count). The molecule has 2 saturated heterocycles. The van der Waals surface area contributed by atoms with Crippen LogP contribution in [0.4, 0.5) is 5.00 Å². The van der Waals surface area contributed by atoms with E-state index >= 15 is 0 Å². The fraction of sp³-hybridized carbons (Fsp3) is 0.529. The Labute approximate surface area is 167 Å². The van der Waals surface area contributed by atoms with Crippen LogP contribution in [0.3, 0.4) is 0 Å². The molecule has 0 saturated carbocycles. The first-order chi connectivity index (χ1) is 13.1. The number of nitrogens with zero attached hydrogens (tertiary/aromatic N) is 2. The topological polar surface area (TPSA) is 121 Å². The van der Waals surface area contributed by atoms with E-state index in [2.05, 4.69) is 0 Å². The Balaban J connectivity index is 1.91. The number of carbonyl (C=O) groups is 4. The highest BCUT2D eigenvalue weighted by molar-refractivity contribution is 7.86. The molecule has 0 aliphatic carbocycles. The van der Waals surface area contributed by atoms with Gasteiger partial charge in [0.15, 0.2) is 0 Å². The summed E-state index contributed by atoms with van der Waals surface area (Å²) in [6.07, 6.45) is -1.07. The third-order valence-electron chi connectivity index (χ3n) is 5.14. The Kier molecular flexibility index (Phi) is 5.32. The van der Waals surface area contributed by atoms with E-state index in [0.29, 0.717) is 5.00 Å². The normalized spacial score (nSPS) is 30.0. The number of hydrogen-bond donors (Lipinski definition) is 1. The third-order valence-corrected chi connectivity index (χ3v) is 7.86. The van der Waals surface area contributed by atoms with Gasteiger partial charge in [-0.1, -0.05) is 0 Å². The molecule has 0 radical (unpaired) electrons. The van der Waals surface area contributed by atoms with E-state index in [0.717, 1.165) is 6.92 Å². The van der Waals surface area contributed by atoms with Gasteiger partial charge in [-0.05, 0) is 24.4 Å². The molecule has 1 aromatic heterocycles. The fourth-order valence-corrected chi connectivity index (χ4v) is 6.62. The Bertz CT molecular complexity index is 856. The summed E-state index contributed by atoms with van der Waals surface area (Å²) in [6.45, 7) is 3.66. The molecule has 2 aliphatic heterocycles. The number of β-lactam (4-membered cyclic amide) rings is 1. The van der Waals surface area contributed by atoms with E-state index < -0.39 is 51.6 Å². The molecule has 4 unspecified atom stereocenters. The van der Waals surface area contributed by atoms with Crippen LogP contribution in [-0.2, 0) is 34.7 Å². The van der Waals surface area contributed by atoms with Gasteiger partial charge in [-0.2, -0.15) is 0 Å². The summed E-state index contributed by atoms with van der Waals surface area (Å²) in [4.78, 5) is 50.9. The Morgan fingerprint density at radius 2 is 2.11 bits per heavy atom. The molecule has 28 heavy (non-hydrogen) atoms. The predicted octanol–water partition coefficient (Wildman–Crippen LogP) is 0.423. The van der Waals surface area contributed by atoms with Gasteiger partial charge in [-0.3, -0.25) is 28.3 Å².